The maximum Gasteiger partial charge on any atom is 0.0497 e. The first kappa shape index (κ1) is 14.6. The van der Waals surface area contributed by atoms with E-state index in [2.05, 4.69) is 76.1 Å². The molecule has 0 aliphatic heterocycles. The van der Waals surface area contributed by atoms with Crippen LogP contribution in [0.25, 0.3) is 22.2 Å². The summed E-state index contributed by atoms with van der Waals surface area (Å²) in [4.78, 5) is 3.59. The Kier molecular flexibility index (Phi) is 4.60. The average Bonchev–Trinajstić information content (AvgIpc) is 2.87. The average molecular weight is 390 g/mol. The van der Waals surface area contributed by atoms with Crippen LogP contribution in [0.4, 0.5) is 0 Å². The Hall–Kier alpha value is -1.33. The van der Waals surface area contributed by atoms with Gasteiger partial charge in [0, 0.05) is 20.2 Å². The van der Waals surface area contributed by atoms with Crippen molar-refractivity contribution >= 4 is 33.5 Å². The molecule has 0 saturated heterocycles. The topological polar surface area (TPSA) is 41.8 Å². The molecule has 0 amide bonds. The predicted octanol–water partition coefficient (Wildman–Crippen LogP) is 4.72. The molecule has 21 heavy (non-hydrogen) atoms. The highest BCUT2D eigenvalue weighted by molar-refractivity contribution is 14.1. The normalized spacial score (nSPS) is 11.1. The monoisotopic (exact) mass is 390 g/mol. The smallest absolute Gasteiger partial charge is 0.0497 e. The van der Waals surface area contributed by atoms with Crippen LogP contribution >= 0.6 is 22.6 Å². The van der Waals surface area contributed by atoms with Gasteiger partial charge in [0.1, 0.15) is 0 Å². The highest BCUT2D eigenvalue weighted by Gasteiger charge is 2.12. The Morgan fingerprint density at radius 2 is 1.71 bits per heavy atom. The van der Waals surface area contributed by atoms with Gasteiger partial charge < -0.3 is 10.7 Å². The summed E-state index contributed by atoms with van der Waals surface area (Å²) in [5.74, 6) is 0. The number of aromatic nitrogens is 1. The number of rotatable bonds is 5. The summed E-state index contributed by atoms with van der Waals surface area (Å²) < 4.78 is 1.26. The van der Waals surface area contributed by atoms with Crippen LogP contribution in [-0.2, 0) is 6.42 Å². The number of halogens is 1. The number of nitrogens with one attached hydrogen (secondary N) is 1. The van der Waals surface area contributed by atoms with Gasteiger partial charge in [0.25, 0.3) is 0 Å². The molecule has 0 radical (unpaired) electrons. The van der Waals surface area contributed by atoms with Crippen molar-refractivity contribution < 1.29 is 0 Å². The summed E-state index contributed by atoms with van der Waals surface area (Å²) in [7, 11) is 0. The number of H-pyrrole nitrogens is 1. The number of hydrogen-bond acceptors (Lipinski definition) is 1. The number of aromatic amines is 1. The number of unbranched alkanes of at least 4 members (excludes halogenated alkanes) is 1. The van der Waals surface area contributed by atoms with Gasteiger partial charge >= 0.3 is 0 Å². The van der Waals surface area contributed by atoms with E-state index in [1.165, 1.54) is 31.3 Å². The molecule has 0 aliphatic carbocycles. The van der Waals surface area contributed by atoms with E-state index in [0.29, 0.717) is 0 Å². The first-order chi connectivity index (χ1) is 10.3. The third-order valence-corrected chi connectivity index (χ3v) is 4.55. The fourth-order valence-corrected chi connectivity index (χ4v) is 3.13. The highest BCUT2D eigenvalue weighted by Crippen LogP contribution is 2.31. The molecule has 0 spiro atoms. The van der Waals surface area contributed by atoms with Gasteiger partial charge in [0.05, 0.1) is 0 Å². The van der Waals surface area contributed by atoms with E-state index in [0.717, 1.165) is 25.8 Å². The molecule has 0 fully saturated rings. The molecular weight excluding hydrogens is 371 g/mol. The maximum absolute atomic E-state index is 5.64. The molecule has 1 heterocycles. The highest BCUT2D eigenvalue weighted by atomic mass is 127. The van der Waals surface area contributed by atoms with Crippen LogP contribution in [0.1, 0.15) is 18.4 Å². The molecule has 0 bridgehead atoms. The summed E-state index contributed by atoms with van der Waals surface area (Å²) in [5, 5.41) is 1.34. The van der Waals surface area contributed by atoms with Crippen molar-refractivity contribution in [1.29, 1.82) is 0 Å². The van der Waals surface area contributed by atoms with Crippen LogP contribution in [0.15, 0.2) is 48.5 Å². The molecular formula is C18H19IN2. The lowest BCUT2D eigenvalue weighted by Crippen LogP contribution is -1.99. The maximum atomic E-state index is 5.64. The largest absolute Gasteiger partial charge is 0.354 e. The minimum absolute atomic E-state index is 0.765. The van der Waals surface area contributed by atoms with Crippen molar-refractivity contribution in [3.8, 4) is 11.3 Å². The zero-order valence-electron chi connectivity index (χ0n) is 11.9. The van der Waals surface area contributed by atoms with Crippen LogP contribution in [-0.4, -0.2) is 11.5 Å². The summed E-state index contributed by atoms with van der Waals surface area (Å²) in [6.07, 6.45) is 3.28. The minimum Gasteiger partial charge on any atom is -0.354 e. The van der Waals surface area contributed by atoms with E-state index in [1.807, 2.05) is 0 Å². The molecule has 0 unspecified atom stereocenters. The molecule has 3 heteroatoms. The number of para-hydroxylation sites is 1. The fraction of sp³-hybridized carbons (Fsp3) is 0.222. The number of nitrogens with two attached hydrogens (primary N) is 1. The molecule has 0 atom stereocenters. The van der Waals surface area contributed by atoms with E-state index < -0.39 is 0 Å². The zero-order valence-corrected chi connectivity index (χ0v) is 14.1. The second-order valence-electron chi connectivity index (χ2n) is 5.28. The molecule has 2 nitrogen and oxygen atoms in total. The minimum atomic E-state index is 0.765. The molecule has 2 aromatic carbocycles. The third kappa shape index (κ3) is 3.14. The van der Waals surface area contributed by atoms with E-state index in [1.54, 1.807) is 0 Å². The second kappa shape index (κ2) is 6.62. The number of fused-ring (bicyclic) bond motifs is 1. The van der Waals surface area contributed by atoms with Crippen molar-refractivity contribution in [2.24, 2.45) is 5.73 Å². The summed E-state index contributed by atoms with van der Waals surface area (Å²) in [6.45, 7) is 0.765. The molecule has 3 N–H and O–H groups in total. The zero-order chi connectivity index (χ0) is 14.7. The molecule has 1 aromatic heterocycles. The van der Waals surface area contributed by atoms with Crippen LogP contribution in [0, 0.1) is 3.57 Å². The molecule has 3 aromatic rings. The van der Waals surface area contributed by atoms with Crippen molar-refractivity contribution in [2.45, 2.75) is 19.3 Å². The predicted molar refractivity (Wildman–Crippen MR) is 98.4 cm³/mol. The van der Waals surface area contributed by atoms with Gasteiger partial charge in [-0.2, -0.15) is 0 Å². The number of benzene rings is 2. The van der Waals surface area contributed by atoms with Crippen LogP contribution in [0.3, 0.4) is 0 Å². The quantitative estimate of drug-likeness (QED) is 0.481. The van der Waals surface area contributed by atoms with E-state index in [4.69, 9.17) is 5.73 Å². The fourth-order valence-electron chi connectivity index (χ4n) is 2.77. The Morgan fingerprint density at radius 3 is 2.48 bits per heavy atom. The van der Waals surface area contributed by atoms with Crippen molar-refractivity contribution in [3.05, 3.63) is 57.7 Å². The van der Waals surface area contributed by atoms with Crippen LogP contribution in [0.2, 0.25) is 0 Å². The lowest BCUT2D eigenvalue weighted by Gasteiger charge is -2.05. The molecule has 0 saturated carbocycles. The van der Waals surface area contributed by atoms with E-state index in [-0.39, 0.29) is 0 Å². The van der Waals surface area contributed by atoms with E-state index >= 15 is 0 Å². The van der Waals surface area contributed by atoms with Crippen molar-refractivity contribution in [2.75, 3.05) is 6.54 Å². The summed E-state index contributed by atoms with van der Waals surface area (Å²) >= 11 is 2.34. The summed E-state index contributed by atoms with van der Waals surface area (Å²) in [6, 6.07) is 17.3. The standard InChI is InChI=1S/C18H19IN2/c19-14-10-8-13(9-11-14)18-16(6-3-4-12-20)15-5-1-2-7-17(15)21-18/h1-2,5,7-11,21H,3-4,6,12,20H2. The Morgan fingerprint density at radius 1 is 0.952 bits per heavy atom. The first-order valence-electron chi connectivity index (χ1n) is 7.35. The van der Waals surface area contributed by atoms with Crippen LogP contribution in [0.5, 0.6) is 0 Å². The van der Waals surface area contributed by atoms with E-state index in [9.17, 15) is 0 Å². The molecule has 3 rings (SSSR count). The SMILES string of the molecule is NCCCCc1c(-c2ccc(I)cc2)[nH]c2ccccc12. The second-order valence-corrected chi connectivity index (χ2v) is 6.52. The summed E-state index contributed by atoms with van der Waals surface area (Å²) in [5.41, 5.74) is 10.8. The van der Waals surface area contributed by atoms with Crippen molar-refractivity contribution in [1.82, 2.24) is 4.98 Å². The van der Waals surface area contributed by atoms with Gasteiger partial charge in [0.15, 0.2) is 0 Å². The Balaban J connectivity index is 2.07. The third-order valence-electron chi connectivity index (χ3n) is 3.83. The first-order valence-corrected chi connectivity index (χ1v) is 8.43. The van der Waals surface area contributed by atoms with Gasteiger partial charge in [-0.05, 0) is 77.7 Å². The van der Waals surface area contributed by atoms with Gasteiger partial charge in [-0.25, -0.2) is 0 Å². The molecule has 108 valence electrons. The lowest BCUT2D eigenvalue weighted by atomic mass is 10.0. The molecule has 0 aliphatic rings. The van der Waals surface area contributed by atoms with Gasteiger partial charge in [-0.15, -0.1) is 0 Å². The van der Waals surface area contributed by atoms with Gasteiger partial charge in [-0.3, -0.25) is 0 Å². The van der Waals surface area contributed by atoms with Crippen LogP contribution < -0.4 is 5.73 Å². The Bertz CT molecular complexity index is 729. The lowest BCUT2D eigenvalue weighted by molar-refractivity contribution is 0.748. The van der Waals surface area contributed by atoms with Gasteiger partial charge in [0.2, 0.25) is 0 Å². The Labute approximate surface area is 138 Å². The van der Waals surface area contributed by atoms with Crippen molar-refractivity contribution in [3.63, 3.8) is 0 Å². The number of aryl methyl sites for hydroxylation is 1. The van der Waals surface area contributed by atoms with Gasteiger partial charge in [-0.1, -0.05) is 30.3 Å². The number of hydrogen-bond donors (Lipinski definition) is 2.